The van der Waals surface area contributed by atoms with Gasteiger partial charge in [0, 0.05) is 98.1 Å². The number of hydrogen-bond donors (Lipinski definition) is 0. The number of hydrogen-bond acceptors (Lipinski definition) is 0. The van der Waals surface area contributed by atoms with Crippen molar-refractivity contribution in [3.05, 3.63) is 85.6 Å². The van der Waals surface area contributed by atoms with E-state index in [-0.39, 0.29) is 113 Å². The van der Waals surface area contributed by atoms with Crippen molar-refractivity contribution in [2.75, 3.05) is 0 Å². The van der Waals surface area contributed by atoms with Crippen LogP contribution < -0.4 is 0 Å². The topological polar surface area (TPSA) is 0 Å². The number of aryl methyl sites for hydroxylation is 4. The Morgan fingerprint density at radius 1 is 0.400 bits per heavy atom. The van der Waals surface area contributed by atoms with Crippen molar-refractivity contribution in [2.45, 2.75) is 53.4 Å². The van der Waals surface area contributed by atoms with E-state index in [2.05, 4.69) is 48.5 Å². The van der Waals surface area contributed by atoms with Crippen LogP contribution in [0.5, 0.6) is 0 Å². The average Bonchev–Trinajstić information content (AvgIpc) is 2.54. The van der Waals surface area contributed by atoms with Crippen LogP contribution in [0.2, 0.25) is 0 Å². The van der Waals surface area contributed by atoms with E-state index in [0.29, 0.717) is 0 Å². The Bertz CT molecular complexity index is 382. The third-order valence-electron chi connectivity index (χ3n) is 3.45. The monoisotopic (exact) mass is 565 g/mol. The van der Waals surface area contributed by atoms with Gasteiger partial charge >= 0.3 is 0 Å². The second-order valence-corrected chi connectivity index (χ2v) is 4.63. The molecule has 0 N–H and O–H groups in total. The van der Waals surface area contributed by atoms with Crippen molar-refractivity contribution in [3.8, 4) is 0 Å². The van der Waals surface area contributed by atoms with Crippen LogP contribution in [-0.4, -0.2) is 0 Å². The van der Waals surface area contributed by atoms with Crippen LogP contribution in [0.25, 0.3) is 0 Å². The minimum absolute atomic E-state index is 0. The van der Waals surface area contributed by atoms with Crippen molar-refractivity contribution in [2.24, 2.45) is 0 Å². The molecule has 0 heterocycles. The van der Waals surface area contributed by atoms with Crippen LogP contribution in [0.1, 0.15) is 49.9 Å². The standard InChI is InChI=1S/C16H16.2C2H6.2CH3.3Y/c1-2-14-4-3-13(1)9-10-15-5-7-16(8-6-15)12-11-14;2*1-2;;;;;/h1-8H,9-12H2;2*1-2H3;2*1H3;;;/q;;;2*-1;;;. The molecule has 0 fully saturated rings. The van der Waals surface area contributed by atoms with Gasteiger partial charge in [-0.1, -0.05) is 76.2 Å². The molecule has 0 saturated heterocycles. The summed E-state index contributed by atoms with van der Waals surface area (Å²) in [6.45, 7) is 8.00. The zero-order chi connectivity index (χ0) is 14.8. The maximum absolute atomic E-state index is 2.28. The van der Waals surface area contributed by atoms with E-state index in [4.69, 9.17) is 0 Å². The summed E-state index contributed by atoms with van der Waals surface area (Å²) in [5.41, 5.74) is 5.81. The Hall–Kier alpha value is 1.75. The van der Waals surface area contributed by atoms with E-state index < -0.39 is 0 Å². The van der Waals surface area contributed by atoms with Gasteiger partial charge in [0.1, 0.15) is 0 Å². The average molecular weight is 565 g/mol. The van der Waals surface area contributed by atoms with Crippen molar-refractivity contribution in [1.29, 1.82) is 0 Å². The van der Waals surface area contributed by atoms with Gasteiger partial charge < -0.3 is 14.9 Å². The quantitative estimate of drug-likeness (QED) is 0.320. The van der Waals surface area contributed by atoms with Gasteiger partial charge in [-0.25, -0.2) is 0 Å². The first-order chi connectivity index (χ1) is 9.90. The first-order valence-corrected chi connectivity index (χ1v) is 8.06. The smallest absolute Gasteiger partial charge is 0 e. The molecule has 0 nitrogen and oxygen atoms in total. The van der Waals surface area contributed by atoms with E-state index in [9.17, 15) is 0 Å². The molecule has 0 aromatic heterocycles. The maximum Gasteiger partial charge on any atom is 0 e. The molecule has 2 aromatic rings. The Balaban J connectivity index is -0.000000139. The van der Waals surface area contributed by atoms with Crippen LogP contribution in [0, 0.1) is 14.9 Å². The second-order valence-electron chi connectivity index (χ2n) is 4.63. The zero-order valence-electron chi connectivity index (χ0n) is 17.2. The molecule has 4 bridgehead atoms. The molecule has 3 radical (unpaired) electrons. The van der Waals surface area contributed by atoms with Crippen LogP contribution in [0.4, 0.5) is 0 Å². The van der Waals surface area contributed by atoms with Crippen LogP contribution in [0.3, 0.4) is 0 Å². The summed E-state index contributed by atoms with van der Waals surface area (Å²) >= 11 is 0. The normalized spacial score (nSPS) is 9.76. The summed E-state index contributed by atoms with van der Waals surface area (Å²) in [4.78, 5) is 0. The molecule has 2 aromatic carbocycles. The van der Waals surface area contributed by atoms with E-state index in [1.807, 2.05) is 27.7 Å². The van der Waals surface area contributed by atoms with Gasteiger partial charge in [0.25, 0.3) is 0 Å². The van der Waals surface area contributed by atoms with Gasteiger partial charge in [-0.05, 0) is 47.9 Å². The van der Waals surface area contributed by atoms with E-state index in [0.717, 1.165) is 25.7 Å². The fourth-order valence-corrected chi connectivity index (χ4v) is 2.32. The number of rotatable bonds is 0. The summed E-state index contributed by atoms with van der Waals surface area (Å²) in [6.07, 6.45) is 4.61. The van der Waals surface area contributed by atoms with Crippen molar-refractivity contribution in [3.63, 3.8) is 0 Å². The van der Waals surface area contributed by atoms with E-state index >= 15 is 0 Å². The summed E-state index contributed by atoms with van der Waals surface area (Å²) in [6, 6.07) is 18.2. The van der Waals surface area contributed by atoms with Gasteiger partial charge in [0.2, 0.25) is 0 Å². The maximum atomic E-state index is 2.28. The van der Waals surface area contributed by atoms with E-state index in [1.54, 1.807) is 0 Å². The number of benzene rings is 2. The van der Waals surface area contributed by atoms with Crippen molar-refractivity contribution >= 4 is 0 Å². The minimum atomic E-state index is 0. The van der Waals surface area contributed by atoms with Gasteiger partial charge in [-0.15, -0.1) is 0 Å². The van der Waals surface area contributed by atoms with Gasteiger partial charge in [-0.2, -0.15) is 0 Å². The molecular formula is C22H34Y3-2. The van der Waals surface area contributed by atoms with Gasteiger partial charge in [0.05, 0.1) is 0 Å². The molecule has 0 unspecified atom stereocenters. The first-order valence-electron chi connectivity index (χ1n) is 8.06. The van der Waals surface area contributed by atoms with Crippen LogP contribution in [0.15, 0.2) is 48.5 Å². The minimum Gasteiger partial charge on any atom is -0.358 e. The molecule has 0 saturated carbocycles. The molecule has 133 valence electrons. The van der Waals surface area contributed by atoms with Gasteiger partial charge in [-0.3, -0.25) is 0 Å². The first kappa shape index (κ1) is 37.5. The van der Waals surface area contributed by atoms with Crippen molar-refractivity contribution in [1.82, 2.24) is 0 Å². The Morgan fingerprint density at radius 2 is 0.520 bits per heavy atom. The molecule has 0 aliphatic heterocycles. The summed E-state index contributed by atoms with van der Waals surface area (Å²) in [7, 11) is 0. The third-order valence-corrected chi connectivity index (χ3v) is 3.45. The Kier molecular flexibility index (Phi) is 35.7. The predicted molar refractivity (Wildman–Crippen MR) is 103 cm³/mol. The predicted octanol–water partition coefficient (Wildman–Crippen LogP) is 6.52. The molecule has 0 amide bonds. The third kappa shape index (κ3) is 14.4. The summed E-state index contributed by atoms with van der Waals surface area (Å²) in [5.74, 6) is 0. The van der Waals surface area contributed by atoms with Crippen LogP contribution >= 0.6 is 0 Å². The Labute approximate surface area is 233 Å². The SMILES string of the molecule is CC.CC.[CH3-].[CH3-].[Y].[Y].[Y].c1cc2ccc1CCc1ccc(cc1)CC2. The molecule has 4 aliphatic carbocycles. The molecule has 4 aliphatic rings. The molecule has 0 atom stereocenters. The Morgan fingerprint density at radius 3 is 0.640 bits per heavy atom. The zero-order valence-corrected chi connectivity index (χ0v) is 25.7. The van der Waals surface area contributed by atoms with E-state index in [1.165, 1.54) is 22.3 Å². The van der Waals surface area contributed by atoms with Gasteiger partial charge in [0.15, 0.2) is 0 Å². The molecule has 3 heteroatoms. The molecular weight excluding hydrogens is 531 g/mol. The van der Waals surface area contributed by atoms with Crippen molar-refractivity contribution < 1.29 is 98.1 Å². The summed E-state index contributed by atoms with van der Waals surface area (Å²) in [5, 5.41) is 0. The summed E-state index contributed by atoms with van der Waals surface area (Å²) < 4.78 is 0. The fourth-order valence-electron chi connectivity index (χ4n) is 2.32. The molecule has 25 heavy (non-hydrogen) atoms. The second kappa shape index (κ2) is 23.8. The van der Waals surface area contributed by atoms with Crippen LogP contribution in [-0.2, 0) is 124 Å². The molecule has 0 spiro atoms. The largest absolute Gasteiger partial charge is 0.358 e. The molecule has 6 rings (SSSR count). The fraction of sp³-hybridized carbons (Fsp3) is 0.364.